The Morgan fingerprint density at radius 3 is 2.53 bits per heavy atom. The monoisotopic (exact) mass is 625 g/mol. The summed E-state index contributed by atoms with van der Waals surface area (Å²) in [6.45, 7) is 4.22. The SMILES string of the molecule is COc1ccc(-c2cnc3c(Nc4ccc(C(=O)N5CCN(C(=O)[C@@H]6C[C@@H](O)CN6)CC5)c(C)c4)nccn23)cc1Cl.Cl. The number of piperazine rings is 1. The van der Waals surface area contributed by atoms with Gasteiger partial charge in [-0.2, -0.15) is 0 Å². The lowest BCUT2D eigenvalue weighted by atomic mass is 10.1. The first-order chi connectivity index (χ1) is 20.3. The van der Waals surface area contributed by atoms with Crippen LogP contribution in [-0.2, 0) is 4.79 Å². The van der Waals surface area contributed by atoms with Gasteiger partial charge in [0.25, 0.3) is 5.91 Å². The number of aliphatic hydroxyl groups excluding tert-OH is 1. The molecule has 0 aliphatic carbocycles. The smallest absolute Gasteiger partial charge is 0.254 e. The third-order valence-corrected chi connectivity index (χ3v) is 8.17. The molecule has 2 amide bonds. The number of methoxy groups -OCH3 is 1. The summed E-state index contributed by atoms with van der Waals surface area (Å²) in [5.41, 5.74) is 4.62. The molecule has 2 aromatic carbocycles. The number of carbonyl (C=O) groups excluding carboxylic acids is 2. The lowest BCUT2D eigenvalue weighted by Crippen LogP contribution is -2.54. The van der Waals surface area contributed by atoms with Crippen LogP contribution in [0.2, 0.25) is 5.02 Å². The molecule has 3 N–H and O–H groups in total. The zero-order chi connectivity index (χ0) is 29.4. The molecule has 0 radical (unpaired) electrons. The van der Waals surface area contributed by atoms with Crippen LogP contribution in [0.25, 0.3) is 16.9 Å². The number of β-amino-alcohol motifs (C(OH)–C–C–N with tert-alkyl or cyclic N) is 1. The number of rotatable bonds is 6. The number of amides is 2. The molecular weight excluding hydrogens is 593 g/mol. The number of nitrogens with one attached hydrogen (secondary N) is 2. The lowest BCUT2D eigenvalue weighted by Gasteiger charge is -2.36. The predicted octanol–water partition coefficient (Wildman–Crippen LogP) is 3.54. The van der Waals surface area contributed by atoms with Gasteiger partial charge >= 0.3 is 0 Å². The summed E-state index contributed by atoms with van der Waals surface area (Å²) < 4.78 is 7.21. The Balaban J connectivity index is 0.00000368. The molecular formula is C30H33Cl2N7O4. The minimum atomic E-state index is -0.484. The van der Waals surface area contributed by atoms with Crippen molar-refractivity contribution in [1.82, 2.24) is 29.5 Å². The zero-order valence-corrected chi connectivity index (χ0v) is 25.4. The second kappa shape index (κ2) is 12.8. The van der Waals surface area contributed by atoms with Crippen LogP contribution in [0, 0.1) is 6.92 Å². The van der Waals surface area contributed by atoms with Crippen molar-refractivity contribution in [1.29, 1.82) is 0 Å². The molecule has 2 saturated heterocycles. The summed E-state index contributed by atoms with van der Waals surface area (Å²) >= 11 is 6.35. The van der Waals surface area contributed by atoms with E-state index >= 15 is 0 Å². The van der Waals surface area contributed by atoms with Crippen LogP contribution >= 0.6 is 24.0 Å². The lowest BCUT2D eigenvalue weighted by molar-refractivity contribution is -0.134. The Hall–Kier alpha value is -3.90. The van der Waals surface area contributed by atoms with Gasteiger partial charge in [0.2, 0.25) is 5.91 Å². The van der Waals surface area contributed by atoms with Gasteiger partial charge in [0.15, 0.2) is 11.5 Å². The van der Waals surface area contributed by atoms with Crippen LogP contribution in [0.1, 0.15) is 22.3 Å². The van der Waals surface area contributed by atoms with Crippen LogP contribution < -0.4 is 15.4 Å². The summed E-state index contributed by atoms with van der Waals surface area (Å²) in [7, 11) is 1.58. The first kappa shape index (κ1) is 30.6. The van der Waals surface area contributed by atoms with Gasteiger partial charge in [-0.3, -0.25) is 14.0 Å². The van der Waals surface area contributed by atoms with Crippen molar-refractivity contribution in [2.24, 2.45) is 0 Å². The molecule has 0 unspecified atom stereocenters. The molecule has 2 aromatic heterocycles. The van der Waals surface area contributed by atoms with Crippen LogP contribution in [0.4, 0.5) is 11.5 Å². The van der Waals surface area contributed by atoms with E-state index in [2.05, 4.69) is 20.6 Å². The van der Waals surface area contributed by atoms with Crippen molar-refractivity contribution in [3.8, 4) is 17.0 Å². The number of imidazole rings is 1. The number of carbonyl (C=O) groups is 2. The first-order valence-electron chi connectivity index (χ1n) is 13.9. The highest BCUT2D eigenvalue weighted by Crippen LogP contribution is 2.32. The van der Waals surface area contributed by atoms with Gasteiger partial charge in [-0.15, -0.1) is 12.4 Å². The quantitative estimate of drug-likeness (QED) is 0.297. The van der Waals surface area contributed by atoms with Gasteiger partial charge in [-0.1, -0.05) is 11.6 Å². The molecule has 2 aliphatic rings. The van der Waals surface area contributed by atoms with Crippen LogP contribution in [0.3, 0.4) is 0 Å². The first-order valence-corrected chi connectivity index (χ1v) is 14.2. The van der Waals surface area contributed by atoms with Crippen molar-refractivity contribution in [3.63, 3.8) is 0 Å². The van der Waals surface area contributed by atoms with Gasteiger partial charge in [0.05, 0.1) is 36.2 Å². The maximum atomic E-state index is 13.4. The highest BCUT2D eigenvalue weighted by Gasteiger charge is 2.33. The van der Waals surface area contributed by atoms with Crippen LogP contribution in [0.15, 0.2) is 55.0 Å². The number of halogens is 2. The number of nitrogens with zero attached hydrogens (tertiary/aromatic N) is 5. The van der Waals surface area contributed by atoms with Crippen molar-refractivity contribution < 1.29 is 19.4 Å². The Kier molecular flexibility index (Phi) is 9.07. The summed E-state index contributed by atoms with van der Waals surface area (Å²) in [5, 5.41) is 16.7. The molecule has 11 nitrogen and oxygen atoms in total. The zero-order valence-electron chi connectivity index (χ0n) is 23.8. The van der Waals surface area contributed by atoms with Crippen molar-refractivity contribution in [3.05, 3.63) is 71.1 Å². The third kappa shape index (κ3) is 6.12. The fourth-order valence-electron chi connectivity index (χ4n) is 5.59. The summed E-state index contributed by atoms with van der Waals surface area (Å²) in [6.07, 6.45) is 5.26. The van der Waals surface area contributed by atoms with Crippen molar-refractivity contribution in [2.45, 2.75) is 25.5 Å². The number of aryl methyl sites for hydroxylation is 1. The molecule has 43 heavy (non-hydrogen) atoms. The normalized spacial score (nSPS) is 18.4. The van der Waals surface area contributed by atoms with E-state index in [9.17, 15) is 14.7 Å². The van der Waals surface area contributed by atoms with E-state index < -0.39 is 6.10 Å². The molecule has 6 rings (SSSR count). The third-order valence-electron chi connectivity index (χ3n) is 7.88. The Bertz CT molecular complexity index is 1660. The topological polar surface area (TPSA) is 124 Å². The standard InChI is InChI=1S/C30H32ClN7O4.ClH/c1-18-13-20(4-5-22(18)29(40)36-9-11-37(12-10-36)30(41)24-15-21(39)16-33-24)35-27-28-34-17-25(38(28)8-7-32-27)19-3-6-26(42-2)23(31)14-19;/h3-8,13-14,17,21,24,33,39H,9-12,15-16H2,1-2H3,(H,32,35);1H/t21-,24+;/m1./s1. The molecule has 13 heteroatoms. The second-order valence-electron chi connectivity index (χ2n) is 10.6. The molecule has 2 fully saturated rings. The van der Waals surface area contributed by atoms with E-state index in [1.165, 1.54) is 0 Å². The largest absolute Gasteiger partial charge is 0.495 e. The molecule has 226 valence electrons. The number of ether oxygens (including phenoxy) is 1. The Morgan fingerprint density at radius 1 is 1.09 bits per heavy atom. The second-order valence-corrected chi connectivity index (χ2v) is 11.0. The van der Waals surface area contributed by atoms with Crippen molar-refractivity contribution in [2.75, 3.05) is 45.2 Å². The molecule has 4 heterocycles. The van der Waals surface area contributed by atoms with E-state index in [-0.39, 0.29) is 30.3 Å². The van der Waals surface area contributed by atoms with E-state index in [0.717, 1.165) is 22.5 Å². The molecule has 0 bridgehead atoms. The fourth-order valence-corrected chi connectivity index (χ4v) is 5.85. The molecule has 2 atom stereocenters. The number of aromatic nitrogens is 3. The number of benzene rings is 2. The van der Waals surface area contributed by atoms with Crippen LogP contribution in [-0.4, -0.2) is 93.1 Å². The summed E-state index contributed by atoms with van der Waals surface area (Å²) in [6, 6.07) is 10.8. The number of hydrogen-bond donors (Lipinski definition) is 3. The molecule has 0 saturated carbocycles. The highest BCUT2D eigenvalue weighted by molar-refractivity contribution is 6.32. The number of fused-ring (bicyclic) bond motifs is 1. The molecule has 2 aliphatic heterocycles. The maximum Gasteiger partial charge on any atom is 0.254 e. The molecule has 4 aromatic rings. The Labute approximate surface area is 260 Å². The van der Waals surface area contributed by atoms with E-state index in [4.69, 9.17) is 16.3 Å². The highest BCUT2D eigenvalue weighted by atomic mass is 35.5. The minimum Gasteiger partial charge on any atom is -0.495 e. The average Bonchev–Trinajstić information content (AvgIpc) is 3.64. The van der Waals surface area contributed by atoms with Gasteiger partial charge in [-0.25, -0.2) is 9.97 Å². The maximum absolute atomic E-state index is 13.4. The van der Waals surface area contributed by atoms with Gasteiger partial charge in [-0.05, 0) is 55.3 Å². The fraction of sp³-hybridized carbons (Fsp3) is 0.333. The van der Waals surface area contributed by atoms with E-state index in [1.807, 2.05) is 53.9 Å². The average molecular weight is 627 g/mol. The van der Waals surface area contributed by atoms with Crippen LogP contribution in [0.5, 0.6) is 5.75 Å². The van der Waals surface area contributed by atoms with Gasteiger partial charge < -0.3 is 30.3 Å². The van der Waals surface area contributed by atoms with E-state index in [0.29, 0.717) is 66.9 Å². The summed E-state index contributed by atoms with van der Waals surface area (Å²) in [5.74, 6) is 1.11. The summed E-state index contributed by atoms with van der Waals surface area (Å²) in [4.78, 5) is 38.8. The number of anilines is 2. The van der Waals surface area contributed by atoms with Gasteiger partial charge in [0, 0.05) is 61.9 Å². The van der Waals surface area contributed by atoms with E-state index in [1.54, 1.807) is 29.3 Å². The number of hydrogen-bond acceptors (Lipinski definition) is 8. The molecule has 0 spiro atoms. The Morgan fingerprint density at radius 2 is 1.86 bits per heavy atom. The number of aliphatic hydroxyl groups is 1. The predicted molar refractivity (Wildman–Crippen MR) is 167 cm³/mol. The minimum absolute atomic E-state index is 0. The van der Waals surface area contributed by atoms with Gasteiger partial charge in [0.1, 0.15) is 5.75 Å². The van der Waals surface area contributed by atoms with Crippen molar-refractivity contribution >= 4 is 53.0 Å².